The summed E-state index contributed by atoms with van der Waals surface area (Å²) < 4.78 is 87.3. The van der Waals surface area contributed by atoms with Crippen LogP contribution in [0, 0.1) is 0 Å². The minimum atomic E-state index is -0.599. The van der Waals surface area contributed by atoms with E-state index in [0.29, 0.717) is 16.7 Å². The molecule has 2 heteroatoms. The molecular formula is C46H31NO. The summed E-state index contributed by atoms with van der Waals surface area (Å²) in [7, 11) is 0. The van der Waals surface area contributed by atoms with Crippen molar-refractivity contribution in [1.82, 2.24) is 0 Å². The number of hydrogen-bond acceptors (Lipinski definition) is 2. The first-order valence-electron chi connectivity index (χ1n) is 20.1. The summed E-state index contributed by atoms with van der Waals surface area (Å²) in [5, 5.41) is 3.77. The lowest BCUT2D eigenvalue weighted by Crippen LogP contribution is -2.09. The van der Waals surface area contributed by atoms with Crippen molar-refractivity contribution < 1.29 is 16.8 Å². The number of hydrogen-bond donors (Lipinski definition) is 0. The van der Waals surface area contributed by atoms with Crippen LogP contribution in [0.3, 0.4) is 0 Å². The standard InChI is InChI=1S/C46H31NO/c1-3-12-32(13-4-1)35-15-9-16-36(30-35)33-24-27-39(28-25-33)47(38-18-5-2-6-19-38)40-20-10-17-37(31-40)41-22-11-23-44-45(41)43-29-26-34-14-7-8-21-42(34)46(43)48-44/h1-31H/i2D,5D,6D,18D,19D,24D,25D,27D,28D. The molecule has 0 bridgehead atoms. The molecule has 0 aliphatic rings. The third-order valence-electron chi connectivity index (χ3n) is 8.61. The van der Waals surface area contributed by atoms with Gasteiger partial charge in [-0.05, 0) is 93.3 Å². The zero-order valence-corrected chi connectivity index (χ0v) is 25.6. The van der Waals surface area contributed by atoms with Gasteiger partial charge in [-0.1, -0.05) is 133 Å². The first kappa shape index (κ1) is 20.0. The molecule has 9 rings (SSSR count). The Kier molecular flexibility index (Phi) is 4.90. The van der Waals surface area contributed by atoms with Gasteiger partial charge < -0.3 is 9.32 Å². The minimum Gasteiger partial charge on any atom is -0.455 e. The van der Waals surface area contributed by atoms with E-state index in [1.54, 1.807) is 30.3 Å². The molecule has 0 radical (unpaired) electrons. The van der Waals surface area contributed by atoms with Crippen molar-refractivity contribution in [2.75, 3.05) is 4.90 Å². The molecule has 1 heterocycles. The highest BCUT2D eigenvalue weighted by Crippen LogP contribution is 2.42. The topological polar surface area (TPSA) is 16.4 Å². The van der Waals surface area contributed by atoms with Gasteiger partial charge in [0.15, 0.2) is 0 Å². The molecule has 0 unspecified atom stereocenters. The number of fused-ring (bicyclic) bond motifs is 5. The van der Waals surface area contributed by atoms with E-state index in [4.69, 9.17) is 11.3 Å². The van der Waals surface area contributed by atoms with Crippen LogP contribution < -0.4 is 4.90 Å². The highest BCUT2D eigenvalue weighted by molar-refractivity contribution is 6.19. The van der Waals surface area contributed by atoms with E-state index >= 15 is 0 Å². The zero-order valence-electron chi connectivity index (χ0n) is 34.6. The second-order valence-corrected chi connectivity index (χ2v) is 11.5. The van der Waals surface area contributed by atoms with Gasteiger partial charge in [-0.15, -0.1) is 0 Å². The summed E-state index contributed by atoms with van der Waals surface area (Å²) in [5.41, 5.74) is 4.90. The van der Waals surface area contributed by atoms with Crippen LogP contribution >= 0.6 is 0 Å². The van der Waals surface area contributed by atoms with E-state index in [0.717, 1.165) is 43.8 Å². The molecular weight excluding hydrogens is 583 g/mol. The van der Waals surface area contributed by atoms with Crippen LogP contribution in [0.25, 0.3) is 66.1 Å². The molecule has 9 aromatic rings. The van der Waals surface area contributed by atoms with E-state index in [9.17, 15) is 5.48 Å². The van der Waals surface area contributed by atoms with Crippen molar-refractivity contribution in [3.63, 3.8) is 0 Å². The number of para-hydroxylation sites is 1. The van der Waals surface area contributed by atoms with E-state index < -0.39 is 42.3 Å². The predicted octanol–water partition coefficient (Wildman–Crippen LogP) is 13.2. The second kappa shape index (κ2) is 11.8. The van der Waals surface area contributed by atoms with Crippen LogP contribution in [0.5, 0.6) is 0 Å². The molecule has 1 aromatic heterocycles. The number of benzene rings is 8. The SMILES string of the molecule is [2H]c1c([2H])c([2H])c(N(c2cccc(-c3cccc4oc5c6ccccc6ccc5c34)c2)c2c([2H])c([2H])c(-c3cccc(-c4ccccc4)c3)c([2H])c2[2H])c([2H])c1[2H]. The maximum absolute atomic E-state index is 9.42. The molecule has 0 spiro atoms. The summed E-state index contributed by atoms with van der Waals surface area (Å²) in [4.78, 5) is 1.26. The van der Waals surface area contributed by atoms with Crippen molar-refractivity contribution in [3.8, 4) is 33.4 Å². The Morgan fingerprint density at radius 1 is 0.438 bits per heavy atom. The molecule has 0 saturated heterocycles. The maximum atomic E-state index is 9.42. The fourth-order valence-corrected chi connectivity index (χ4v) is 6.38. The number of furan rings is 1. The van der Waals surface area contributed by atoms with Gasteiger partial charge in [0, 0.05) is 33.2 Å². The molecule has 0 aliphatic heterocycles. The molecule has 226 valence electrons. The Balaban J connectivity index is 1.28. The normalized spacial score (nSPS) is 14.0. The van der Waals surface area contributed by atoms with Crippen LogP contribution in [0.15, 0.2) is 192 Å². The summed E-state index contributed by atoms with van der Waals surface area (Å²) in [6.45, 7) is 0. The molecule has 0 saturated carbocycles. The van der Waals surface area contributed by atoms with Crippen molar-refractivity contribution in [2.45, 2.75) is 0 Å². The monoisotopic (exact) mass is 622 g/mol. The highest BCUT2D eigenvalue weighted by Gasteiger charge is 2.17. The number of rotatable bonds is 6. The van der Waals surface area contributed by atoms with Crippen molar-refractivity contribution >= 4 is 49.8 Å². The minimum absolute atomic E-state index is 0.0762. The molecule has 0 N–H and O–H groups in total. The smallest absolute Gasteiger partial charge is 0.143 e. The third-order valence-corrected chi connectivity index (χ3v) is 8.61. The van der Waals surface area contributed by atoms with Crippen molar-refractivity contribution in [2.24, 2.45) is 0 Å². The number of anilines is 3. The van der Waals surface area contributed by atoms with E-state index in [1.165, 1.54) is 4.90 Å². The molecule has 2 nitrogen and oxygen atoms in total. The molecule has 0 atom stereocenters. The van der Waals surface area contributed by atoms with Crippen LogP contribution in [0.2, 0.25) is 0 Å². The second-order valence-electron chi connectivity index (χ2n) is 11.5. The fraction of sp³-hybridized carbons (Fsp3) is 0. The van der Waals surface area contributed by atoms with Gasteiger partial charge in [0.05, 0.1) is 12.3 Å². The van der Waals surface area contributed by atoms with Crippen LogP contribution in [0.4, 0.5) is 17.1 Å². The van der Waals surface area contributed by atoms with Crippen LogP contribution in [-0.4, -0.2) is 0 Å². The molecule has 0 fully saturated rings. The summed E-state index contributed by atoms with van der Waals surface area (Å²) >= 11 is 0. The highest BCUT2D eigenvalue weighted by atomic mass is 16.3. The lowest BCUT2D eigenvalue weighted by Gasteiger charge is -2.26. The average Bonchev–Trinajstić information content (AvgIpc) is 3.64. The van der Waals surface area contributed by atoms with Gasteiger partial charge in [-0.25, -0.2) is 0 Å². The molecule has 8 aromatic carbocycles. The molecule has 48 heavy (non-hydrogen) atoms. The Labute approximate surface area is 292 Å². The lowest BCUT2D eigenvalue weighted by atomic mass is 9.97. The zero-order chi connectivity index (χ0) is 39.7. The Hall–Kier alpha value is -6.38. The van der Waals surface area contributed by atoms with Gasteiger partial charge in [0.1, 0.15) is 11.2 Å². The van der Waals surface area contributed by atoms with Gasteiger partial charge >= 0.3 is 0 Å². The predicted molar refractivity (Wildman–Crippen MR) is 202 cm³/mol. The van der Waals surface area contributed by atoms with Gasteiger partial charge in [0.2, 0.25) is 0 Å². The van der Waals surface area contributed by atoms with Crippen LogP contribution in [0.1, 0.15) is 12.3 Å². The Morgan fingerprint density at radius 3 is 1.98 bits per heavy atom. The van der Waals surface area contributed by atoms with Gasteiger partial charge in [0.25, 0.3) is 0 Å². The maximum Gasteiger partial charge on any atom is 0.143 e. The van der Waals surface area contributed by atoms with Gasteiger partial charge in [-0.3, -0.25) is 0 Å². The van der Waals surface area contributed by atoms with E-state index in [-0.39, 0.29) is 34.7 Å². The average molecular weight is 623 g/mol. The summed E-state index contributed by atoms with van der Waals surface area (Å²) in [6.07, 6.45) is 0. The van der Waals surface area contributed by atoms with Crippen molar-refractivity contribution in [3.05, 3.63) is 188 Å². The van der Waals surface area contributed by atoms with Crippen molar-refractivity contribution in [1.29, 1.82) is 0 Å². The quantitative estimate of drug-likeness (QED) is 0.183. The van der Waals surface area contributed by atoms with E-state index in [2.05, 4.69) is 0 Å². The number of nitrogens with zero attached hydrogens (tertiary/aromatic N) is 1. The van der Waals surface area contributed by atoms with Gasteiger partial charge in [-0.2, -0.15) is 0 Å². The summed E-state index contributed by atoms with van der Waals surface area (Å²) in [5.74, 6) is 0. The Bertz CT molecular complexity index is 3030. The molecule has 0 amide bonds. The largest absolute Gasteiger partial charge is 0.455 e. The third kappa shape index (κ3) is 4.92. The van der Waals surface area contributed by atoms with Crippen LogP contribution in [-0.2, 0) is 0 Å². The first-order chi connectivity index (χ1) is 27.5. The lowest BCUT2D eigenvalue weighted by molar-refractivity contribution is 0.673. The van der Waals surface area contributed by atoms with E-state index in [1.807, 2.05) is 103 Å². The Morgan fingerprint density at radius 2 is 1.12 bits per heavy atom. The first-order valence-corrected chi connectivity index (χ1v) is 15.6. The summed E-state index contributed by atoms with van der Waals surface area (Å²) in [6, 6.07) is 37.3. The fourth-order valence-electron chi connectivity index (χ4n) is 6.38. The molecule has 0 aliphatic carbocycles.